The topological polar surface area (TPSA) is 55.6 Å². The standard InChI is InChI=1S/C13H22N2O2S/c1-9-10(3-8-17-9)11(16)15-6-4-13(2,5-7-15)12(14)18/h9-10H,3-8H2,1-2H3,(H2,14,18). The summed E-state index contributed by atoms with van der Waals surface area (Å²) in [4.78, 5) is 14.9. The quantitative estimate of drug-likeness (QED) is 0.769. The molecule has 2 unspecified atom stereocenters. The normalized spacial score (nSPS) is 31.3. The highest BCUT2D eigenvalue weighted by molar-refractivity contribution is 7.80. The summed E-state index contributed by atoms with van der Waals surface area (Å²) < 4.78 is 5.47. The van der Waals surface area contributed by atoms with Crippen molar-refractivity contribution in [2.75, 3.05) is 19.7 Å². The molecule has 2 fully saturated rings. The van der Waals surface area contributed by atoms with Crippen LogP contribution in [0.5, 0.6) is 0 Å². The van der Waals surface area contributed by atoms with Gasteiger partial charge < -0.3 is 15.4 Å². The predicted octanol–water partition coefficient (Wildman–Crippen LogP) is 1.33. The first-order chi connectivity index (χ1) is 8.44. The smallest absolute Gasteiger partial charge is 0.228 e. The molecule has 4 nitrogen and oxygen atoms in total. The minimum Gasteiger partial charge on any atom is -0.393 e. The van der Waals surface area contributed by atoms with Gasteiger partial charge in [0.2, 0.25) is 5.91 Å². The Morgan fingerprint density at radius 3 is 2.50 bits per heavy atom. The van der Waals surface area contributed by atoms with E-state index in [9.17, 15) is 4.79 Å². The van der Waals surface area contributed by atoms with E-state index in [0.717, 1.165) is 32.4 Å². The SMILES string of the molecule is CC1OCCC1C(=O)N1CCC(C)(C(N)=S)CC1. The van der Waals surface area contributed by atoms with Crippen LogP contribution in [0.15, 0.2) is 0 Å². The van der Waals surface area contributed by atoms with Gasteiger partial charge in [-0.2, -0.15) is 0 Å². The Morgan fingerprint density at radius 2 is 2.06 bits per heavy atom. The Morgan fingerprint density at radius 1 is 1.44 bits per heavy atom. The maximum Gasteiger partial charge on any atom is 0.228 e. The summed E-state index contributed by atoms with van der Waals surface area (Å²) in [6, 6.07) is 0. The minimum absolute atomic E-state index is 0.0409. The van der Waals surface area contributed by atoms with E-state index in [4.69, 9.17) is 22.7 Å². The number of ether oxygens (including phenoxy) is 1. The number of likely N-dealkylation sites (tertiary alicyclic amines) is 1. The fourth-order valence-electron chi connectivity index (χ4n) is 2.76. The lowest BCUT2D eigenvalue weighted by Crippen LogP contribution is -2.49. The molecule has 102 valence electrons. The van der Waals surface area contributed by atoms with Crippen molar-refractivity contribution in [1.29, 1.82) is 0 Å². The third-order valence-corrected chi connectivity index (χ3v) is 4.96. The first-order valence-corrected chi connectivity index (χ1v) is 7.05. The molecular weight excluding hydrogens is 248 g/mol. The molecule has 0 aromatic heterocycles. The third-order valence-electron chi connectivity index (χ3n) is 4.47. The summed E-state index contributed by atoms with van der Waals surface area (Å²) in [5.74, 6) is 0.282. The van der Waals surface area contributed by atoms with Crippen molar-refractivity contribution in [2.45, 2.75) is 39.2 Å². The van der Waals surface area contributed by atoms with Gasteiger partial charge in [0.25, 0.3) is 0 Å². The molecule has 0 aromatic rings. The summed E-state index contributed by atoms with van der Waals surface area (Å²) in [5, 5.41) is 0. The number of carbonyl (C=O) groups is 1. The zero-order valence-electron chi connectivity index (χ0n) is 11.1. The van der Waals surface area contributed by atoms with E-state index in [2.05, 4.69) is 6.92 Å². The van der Waals surface area contributed by atoms with Crippen LogP contribution in [0.4, 0.5) is 0 Å². The number of nitrogens with zero attached hydrogens (tertiary/aromatic N) is 1. The van der Waals surface area contributed by atoms with Gasteiger partial charge in [-0.25, -0.2) is 0 Å². The summed E-state index contributed by atoms with van der Waals surface area (Å²) in [6.45, 7) is 6.30. The van der Waals surface area contributed by atoms with E-state index in [0.29, 0.717) is 11.6 Å². The fraction of sp³-hybridized carbons (Fsp3) is 0.846. The van der Waals surface area contributed by atoms with Crippen molar-refractivity contribution in [3.63, 3.8) is 0 Å². The van der Waals surface area contributed by atoms with Gasteiger partial charge in [0.15, 0.2) is 0 Å². The lowest BCUT2D eigenvalue weighted by molar-refractivity contribution is -0.138. The van der Waals surface area contributed by atoms with Crippen molar-refractivity contribution in [1.82, 2.24) is 4.90 Å². The molecule has 0 bridgehead atoms. The highest BCUT2D eigenvalue weighted by Gasteiger charge is 2.38. The monoisotopic (exact) mass is 270 g/mol. The number of hydrogen-bond acceptors (Lipinski definition) is 3. The number of nitrogens with two attached hydrogens (primary N) is 1. The number of thiocarbonyl (C=S) groups is 1. The summed E-state index contributed by atoms with van der Waals surface area (Å²) >= 11 is 5.11. The van der Waals surface area contributed by atoms with Crippen LogP contribution >= 0.6 is 12.2 Å². The molecule has 0 spiro atoms. The Labute approximate surface area is 114 Å². The van der Waals surface area contributed by atoms with Gasteiger partial charge in [-0.1, -0.05) is 19.1 Å². The van der Waals surface area contributed by atoms with E-state index in [-0.39, 0.29) is 23.3 Å². The first kappa shape index (κ1) is 13.7. The van der Waals surface area contributed by atoms with Crippen molar-refractivity contribution in [3.8, 4) is 0 Å². The van der Waals surface area contributed by atoms with E-state index in [1.807, 2.05) is 11.8 Å². The molecular formula is C13H22N2O2S. The van der Waals surface area contributed by atoms with Crippen LogP contribution in [0, 0.1) is 11.3 Å². The Balaban J connectivity index is 1.93. The molecule has 2 aliphatic heterocycles. The first-order valence-electron chi connectivity index (χ1n) is 6.64. The number of piperidine rings is 1. The minimum atomic E-state index is -0.0795. The average Bonchev–Trinajstić information content (AvgIpc) is 2.75. The zero-order valence-corrected chi connectivity index (χ0v) is 12.0. The zero-order chi connectivity index (χ0) is 13.3. The molecule has 18 heavy (non-hydrogen) atoms. The van der Waals surface area contributed by atoms with Gasteiger partial charge in [-0.15, -0.1) is 0 Å². The van der Waals surface area contributed by atoms with E-state index in [1.165, 1.54) is 0 Å². The number of hydrogen-bond donors (Lipinski definition) is 1. The van der Waals surface area contributed by atoms with Crippen LogP contribution in [0.2, 0.25) is 0 Å². The highest BCUT2D eigenvalue weighted by Crippen LogP contribution is 2.33. The fourth-order valence-corrected chi connectivity index (χ4v) is 2.96. The molecule has 0 radical (unpaired) electrons. The predicted molar refractivity (Wildman–Crippen MR) is 74.2 cm³/mol. The largest absolute Gasteiger partial charge is 0.393 e. The van der Waals surface area contributed by atoms with Crippen LogP contribution in [-0.4, -0.2) is 41.6 Å². The van der Waals surface area contributed by atoms with Crippen LogP contribution in [0.3, 0.4) is 0 Å². The van der Waals surface area contributed by atoms with Gasteiger partial charge in [-0.3, -0.25) is 4.79 Å². The third kappa shape index (κ3) is 2.52. The summed E-state index contributed by atoms with van der Waals surface area (Å²) in [5.41, 5.74) is 5.70. The molecule has 2 atom stereocenters. The lowest BCUT2D eigenvalue weighted by atomic mass is 9.80. The molecule has 0 aromatic carbocycles. The molecule has 2 rings (SSSR count). The van der Waals surface area contributed by atoms with Gasteiger partial charge in [0, 0.05) is 25.1 Å². The highest BCUT2D eigenvalue weighted by atomic mass is 32.1. The van der Waals surface area contributed by atoms with Crippen LogP contribution < -0.4 is 5.73 Å². The molecule has 2 saturated heterocycles. The molecule has 2 heterocycles. The van der Waals surface area contributed by atoms with Crippen LogP contribution in [-0.2, 0) is 9.53 Å². The maximum absolute atomic E-state index is 12.4. The van der Waals surface area contributed by atoms with Gasteiger partial charge in [0.05, 0.1) is 17.0 Å². The van der Waals surface area contributed by atoms with E-state index < -0.39 is 0 Å². The second-order valence-corrected chi connectivity index (χ2v) is 6.16. The van der Waals surface area contributed by atoms with Crippen molar-refractivity contribution < 1.29 is 9.53 Å². The average molecular weight is 270 g/mol. The molecule has 1 amide bonds. The van der Waals surface area contributed by atoms with Crippen LogP contribution in [0.25, 0.3) is 0 Å². The maximum atomic E-state index is 12.4. The van der Waals surface area contributed by atoms with Crippen molar-refractivity contribution in [2.24, 2.45) is 17.1 Å². The molecule has 0 aliphatic carbocycles. The number of rotatable bonds is 2. The van der Waals surface area contributed by atoms with Gasteiger partial charge >= 0.3 is 0 Å². The lowest BCUT2D eigenvalue weighted by Gasteiger charge is -2.39. The second-order valence-electron chi connectivity index (χ2n) is 5.72. The molecule has 2 aliphatic rings. The van der Waals surface area contributed by atoms with Gasteiger partial charge in [0.1, 0.15) is 0 Å². The van der Waals surface area contributed by atoms with Gasteiger partial charge in [-0.05, 0) is 26.2 Å². The Bertz CT molecular complexity index is 351. The summed E-state index contributed by atoms with van der Waals surface area (Å²) in [6.07, 6.45) is 2.65. The van der Waals surface area contributed by atoms with Crippen LogP contribution in [0.1, 0.15) is 33.1 Å². The van der Waals surface area contributed by atoms with E-state index >= 15 is 0 Å². The number of carbonyl (C=O) groups excluding carboxylic acids is 1. The van der Waals surface area contributed by atoms with Crippen molar-refractivity contribution in [3.05, 3.63) is 0 Å². The second kappa shape index (κ2) is 5.13. The summed E-state index contributed by atoms with van der Waals surface area (Å²) in [7, 11) is 0. The van der Waals surface area contributed by atoms with E-state index in [1.54, 1.807) is 0 Å². The molecule has 2 N–H and O–H groups in total. The molecule has 0 saturated carbocycles. The Hall–Kier alpha value is -0.680. The van der Waals surface area contributed by atoms with Crippen molar-refractivity contribution >= 4 is 23.1 Å². The molecule has 5 heteroatoms. The Kier molecular flexibility index (Phi) is 3.92. The number of amides is 1.